The zero-order valence-electron chi connectivity index (χ0n) is 21.2. The van der Waals surface area contributed by atoms with Gasteiger partial charge in [0.2, 0.25) is 0 Å². The molecule has 4 fully saturated rings. The number of Topliss-reactive ketones (excluding diaryl/α,β-unsaturated/α-hetero) is 2. The van der Waals surface area contributed by atoms with Crippen molar-refractivity contribution in [2.75, 3.05) is 0 Å². The lowest BCUT2D eigenvalue weighted by atomic mass is 9.44. The summed E-state index contributed by atoms with van der Waals surface area (Å²) in [6.07, 6.45) is 12.4. The highest BCUT2D eigenvalue weighted by molar-refractivity contribution is 5.90. The van der Waals surface area contributed by atoms with Crippen LogP contribution in [0.1, 0.15) is 112 Å². The normalized spacial score (nSPS) is 44.5. The summed E-state index contributed by atoms with van der Waals surface area (Å²) in [6.45, 7) is 14.7. The predicted octanol–water partition coefficient (Wildman–Crippen LogP) is 7.49. The smallest absolute Gasteiger partial charge is 0.137 e. The van der Waals surface area contributed by atoms with Crippen molar-refractivity contribution in [3.63, 3.8) is 0 Å². The van der Waals surface area contributed by atoms with Crippen LogP contribution in [0.3, 0.4) is 0 Å². The molecule has 4 aliphatic rings. The lowest BCUT2D eigenvalue weighted by molar-refractivity contribution is -0.159. The molecule has 4 aliphatic carbocycles. The summed E-state index contributed by atoms with van der Waals surface area (Å²) in [5, 5.41) is 0. The van der Waals surface area contributed by atoms with Gasteiger partial charge in [-0.15, -0.1) is 0 Å². The minimum Gasteiger partial charge on any atom is -0.300 e. The monoisotopic (exact) mass is 428 g/mol. The molecule has 0 aromatic heterocycles. The molecule has 4 rings (SSSR count). The summed E-state index contributed by atoms with van der Waals surface area (Å²) in [6, 6.07) is 0. The van der Waals surface area contributed by atoms with Crippen LogP contribution in [0.4, 0.5) is 0 Å². The molecule has 0 radical (unpaired) electrons. The second kappa shape index (κ2) is 8.60. The molecule has 0 saturated heterocycles. The van der Waals surface area contributed by atoms with Gasteiger partial charge in [-0.2, -0.15) is 0 Å². The van der Waals surface area contributed by atoms with E-state index in [2.05, 4.69) is 41.5 Å². The molecule has 0 aromatic rings. The number of rotatable bonds is 6. The van der Waals surface area contributed by atoms with Crippen LogP contribution in [0, 0.1) is 58.2 Å². The lowest BCUT2D eigenvalue weighted by Crippen LogP contribution is -2.56. The minimum absolute atomic E-state index is 0.0255. The molecule has 0 bridgehead atoms. The third kappa shape index (κ3) is 3.86. The van der Waals surface area contributed by atoms with E-state index in [0.29, 0.717) is 41.7 Å². The Morgan fingerprint density at radius 1 is 0.903 bits per heavy atom. The van der Waals surface area contributed by atoms with Crippen molar-refractivity contribution < 1.29 is 9.59 Å². The van der Waals surface area contributed by atoms with E-state index in [1.54, 1.807) is 0 Å². The van der Waals surface area contributed by atoms with Gasteiger partial charge in [0.1, 0.15) is 11.6 Å². The van der Waals surface area contributed by atoms with Crippen molar-refractivity contribution in [1.29, 1.82) is 0 Å². The van der Waals surface area contributed by atoms with Gasteiger partial charge >= 0.3 is 0 Å². The quantitative estimate of drug-likeness (QED) is 0.439. The number of ketones is 2. The summed E-state index contributed by atoms with van der Waals surface area (Å²) in [5.41, 5.74) is 0.513. The lowest BCUT2D eigenvalue weighted by Gasteiger charge is -2.59. The Kier molecular flexibility index (Phi) is 6.52. The van der Waals surface area contributed by atoms with E-state index in [9.17, 15) is 9.59 Å². The summed E-state index contributed by atoms with van der Waals surface area (Å²) >= 11 is 0. The molecule has 0 unspecified atom stereocenters. The Morgan fingerprint density at radius 2 is 1.61 bits per heavy atom. The molecule has 0 amide bonds. The fourth-order valence-corrected chi connectivity index (χ4v) is 9.50. The topological polar surface area (TPSA) is 34.1 Å². The van der Waals surface area contributed by atoms with E-state index in [0.717, 1.165) is 42.4 Å². The van der Waals surface area contributed by atoms with Crippen molar-refractivity contribution in [3.05, 3.63) is 0 Å². The van der Waals surface area contributed by atoms with Gasteiger partial charge in [-0.25, -0.2) is 0 Å². The van der Waals surface area contributed by atoms with Crippen molar-refractivity contribution >= 4 is 11.6 Å². The highest BCUT2D eigenvalue weighted by Crippen LogP contribution is 2.67. The van der Waals surface area contributed by atoms with Crippen molar-refractivity contribution in [2.24, 2.45) is 58.2 Å². The molecule has 0 aromatic carbocycles. The standard InChI is InChI=1S/C29H48O2/c1-7-20(18(2)3)9-8-19(4)23-10-11-24-22-17-27(31)26-16-21(30)12-14-29(26,6)25(22)13-15-28(23,24)5/h18-20,22-26H,7-17H2,1-6H3/t19-,20-,22+,23-,24-,25+,26-,28-,29-/m1/s1. The van der Waals surface area contributed by atoms with Crippen LogP contribution in [0.25, 0.3) is 0 Å². The van der Waals surface area contributed by atoms with Gasteiger partial charge in [0, 0.05) is 25.2 Å². The van der Waals surface area contributed by atoms with Gasteiger partial charge in [-0.1, -0.05) is 54.4 Å². The number of hydrogen-bond donors (Lipinski definition) is 0. The average Bonchev–Trinajstić information content (AvgIpc) is 3.07. The Bertz CT molecular complexity index is 695. The van der Waals surface area contributed by atoms with Crippen LogP contribution in [0.15, 0.2) is 0 Å². The van der Waals surface area contributed by atoms with Crippen LogP contribution >= 0.6 is 0 Å². The van der Waals surface area contributed by atoms with Crippen LogP contribution < -0.4 is 0 Å². The molecule has 176 valence electrons. The number of carbonyl (C=O) groups is 2. The summed E-state index contributed by atoms with van der Waals surface area (Å²) in [7, 11) is 0. The van der Waals surface area contributed by atoms with E-state index in [-0.39, 0.29) is 11.3 Å². The highest BCUT2D eigenvalue weighted by Gasteiger charge is 2.62. The number of hydrogen-bond acceptors (Lipinski definition) is 2. The Morgan fingerprint density at radius 3 is 2.29 bits per heavy atom. The van der Waals surface area contributed by atoms with Gasteiger partial charge in [-0.05, 0) is 90.8 Å². The van der Waals surface area contributed by atoms with Crippen molar-refractivity contribution in [1.82, 2.24) is 0 Å². The first-order valence-corrected chi connectivity index (χ1v) is 13.7. The molecule has 4 saturated carbocycles. The number of carbonyl (C=O) groups excluding carboxylic acids is 2. The molecular weight excluding hydrogens is 380 g/mol. The summed E-state index contributed by atoms with van der Waals surface area (Å²) in [5.74, 6) is 6.05. The third-order valence-corrected chi connectivity index (χ3v) is 11.5. The molecular formula is C29H48O2. The van der Waals surface area contributed by atoms with Gasteiger partial charge < -0.3 is 0 Å². The van der Waals surface area contributed by atoms with E-state index in [4.69, 9.17) is 0 Å². The minimum atomic E-state index is 0.0255. The summed E-state index contributed by atoms with van der Waals surface area (Å²) in [4.78, 5) is 25.4. The van der Waals surface area contributed by atoms with Gasteiger partial charge in [0.05, 0.1) is 0 Å². The van der Waals surface area contributed by atoms with Crippen molar-refractivity contribution in [3.8, 4) is 0 Å². The van der Waals surface area contributed by atoms with Gasteiger partial charge in [0.15, 0.2) is 0 Å². The predicted molar refractivity (Wildman–Crippen MR) is 128 cm³/mol. The van der Waals surface area contributed by atoms with E-state index >= 15 is 0 Å². The first kappa shape index (κ1) is 23.5. The van der Waals surface area contributed by atoms with Crippen LogP contribution in [0.2, 0.25) is 0 Å². The van der Waals surface area contributed by atoms with E-state index < -0.39 is 0 Å². The molecule has 2 heteroatoms. The van der Waals surface area contributed by atoms with Crippen LogP contribution in [0.5, 0.6) is 0 Å². The largest absolute Gasteiger partial charge is 0.300 e. The number of fused-ring (bicyclic) bond motifs is 5. The van der Waals surface area contributed by atoms with E-state index in [1.807, 2.05) is 0 Å². The van der Waals surface area contributed by atoms with Crippen LogP contribution in [-0.4, -0.2) is 11.6 Å². The molecule has 0 N–H and O–H groups in total. The van der Waals surface area contributed by atoms with Crippen molar-refractivity contribution in [2.45, 2.75) is 112 Å². The fourth-order valence-electron chi connectivity index (χ4n) is 9.50. The zero-order chi connectivity index (χ0) is 22.6. The SMILES string of the molecule is CC[C@H](CC[C@@H](C)[C@H]1CC[C@@H]2[C@@H]3CC(=O)[C@H]4CC(=O)CC[C@]4(C)[C@H]3CC[C@@]21C)C(C)C. The molecule has 0 aliphatic heterocycles. The summed E-state index contributed by atoms with van der Waals surface area (Å²) < 4.78 is 0. The molecule has 9 atom stereocenters. The second-order valence-corrected chi connectivity index (χ2v) is 13.0. The first-order valence-electron chi connectivity index (χ1n) is 13.7. The van der Waals surface area contributed by atoms with Gasteiger partial charge in [-0.3, -0.25) is 9.59 Å². The highest BCUT2D eigenvalue weighted by atomic mass is 16.1. The first-order chi connectivity index (χ1) is 14.6. The maximum atomic E-state index is 13.3. The Hall–Kier alpha value is -0.660. The maximum absolute atomic E-state index is 13.3. The molecule has 0 spiro atoms. The zero-order valence-corrected chi connectivity index (χ0v) is 21.2. The molecule has 31 heavy (non-hydrogen) atoms. The molecule has 2 nitrogen and oxygen atoms in total. The van der Waals surface area contributed by atoms with E-state index in [1.165, 1.54) is 44.9 Å². The molecule has 0 heterocycles. The third-order valence-electron chi connectivity index (χ3n) is 11.5. The Labute approximate surface area is 191 Å². The second-order valence-electron chi connectivity index (χ2n) is 13.0. The Balaban J connectivity index is 1.49. The maximum Gasteiger partial charge on any atom is 0.137 e. The average molecular weight is 429 g/mol. The van der Waals surface area contributed by atoms with Crippen LogP contribution in [-0.2, 0) is 9.59 Å². The fraction of sp³-hybridized carbons (Fsp3) is 0.931. The van der Waals surface area contributed by atoms with Gasteiger partial charge in [0.25, 0.3) is 0 Å².